The minimum Gasteiger partial charge on any atom is -0.493 e. The summed E-state index contributed by atoms with van der Waals surface area (Å²) in [4.78, 5) is 22.1. The molecule has 5 rings (SSSR count). The number of methoxy groups -OCH3 is 5. The van der Waals surface area contributed by atoms with E-state index in [2.05, 4.69) is 10.6 Å². The zero-order chi connectivity index (χ0) is 27.5. The average molecular weight is 531 g/mol. The third kappa shape index (κ3) is 5.31. The lowest BCUT2D eigenvalue weighted by molar-refractivity contribution is 0.0951. The van der Waals surface area contributed by atoms with Crippen LogP contribution in [0.15, 0.2) is 48.5 Å². The van der Waals surface area contributed by atoms with Crippen LogP contribution >= 0.6 is 0 Å². The van der Waals surface area contributed by atoms with Gasteiger partial charge in [0.15, 0.2) is 28.8 Å². The van der Waals surface area contributed by atoms with Crippen LogP contribution in [0.1, 0.15) is 23.2 Å². The molecule has 0 radical (unpaired) electrons. The maximum absolute atomic E-state index is 12.4. The lowest BCUT2D eigenvalue weighted by Crippen LogP contribution is -2.25. The van der Waals surface area contributed by atoms with E-state index in [0.717, 1.165) is 18.4 Å². The van der Waals surface area contributed by atoms with E-state index in [-0.39, 0.29) is 11.9 Å². The number of amides is 1. The first-order chi connectivity index (χ1) is 19.0. The van der Waals surface area contributed by atoms with Gasteiger partial charge >= 0.3 is 0 Å². The molecule has 0 bridgehead atoms. The second-order valence-corrected chi connectivity index (χ2v) is 8.98. The van der Waals surface area contributed by atoms with Crippen molar-refractivity contribution in [1.82, 2.24) is 15.3 Å². The first-order valence-electron chi connectivity index (χ1n) is 12.4. The van der Waals surface area contributed by atoms with E-state index in [9.17, 15) is 4.79 Å². The van der Waals surface area contributed by atoms with E-state index < -0.39 is 0 Å². The molecule has 0 aliphatic heterocycles. The molecule has 202 valence electrons. The number of nitrogens with zero attached hydrogens (tertiary/aromatic N) is 2. The van der Waals surface area contributed by atoms with Crippen LogP contribution in [0.4, 0.5) is 11.5 Å². The Bertz CT molecular complexity index is 1490. The fraction of sp³-hybridized carbons (Fsp3) is 0.276. The van der Waals surface area contributed by atoms with E-state index in [1.165, 1.54) is 0 Å². The number of rotatable bonds is 10. The van der Waals surface area contributed by atoms with Crippen molar-refractivity contribution >= 4 is 28.3 Å². The molecular formula is C29H30N4O6. The summed E-state index contributed by atoms with van der Waals surface area (Å²) in [6, 6.07) is 14.7. The smallest absolute Gasteiger partial charge is 0.251 e. The van der Waals surface area contributed by atoms with Crippen LogP contribution in [0.3, 0.4) is 0 Å². The molecule has 4 aromatic rings. The van der Waals surface area contributed by atoms with Gasteiger partial charge in [0.1, 0.15) is 5.82 Å². The van der Waals surface area contributed by atoms with Crippen LogP contribution in [0.2, 0.25) is 0 Å². The number of anilines is 2. The fourth-order valence-electron chi connectivity index (χ4n) is 4.24. The number of benzene rings is 3. The van der Waals surface area contributed by atoms with Crippen LogP contribution in [0, 0.1) is 0 Å². The van der Waals surface area contributed by atoms with E-state index in [1.807, 2.05) is 18.2 Å². The zero-order valence-electron chi connectivity index (χ0n) is 22.5. The number of hydrogen-bond acceptors (Lipinski definition) is 9. The standard InChI is InChI=1S/C29H30N4O6/c1-35-22-14-20-21(15-23(22)36-2)32-27(16-6-8-17(9-7-16)29(34)31-18-10-11-18)33-28(20)30-19-12-24(37-3)26(39-5)25(13-19)38-4/h6-9,12-15,18H,10-11H2,1-5H3,(H,31,34)(H,30,32,33). The van der Waals surface area contributed by atoms with Gasteiger partial charge in [-0.15, -0.1) is 0 Å². The fourth-order valence-corrected chi connectivity index (χ4v) is 4.24. The van der Waals surface area contributed by atoms with Gasteiger partial charge in [-0.1, -0.05) is 12.1 Å². The van der Waals surface area contributed by atoms with Crippen LogP contribution in [-0.2, 0) is 0 Å². The van der Waals surface area contributed by atoms with E-state index in [1.54, 1.807) is 65.9 Å². The Morgan fingerprint density at radius 3 is 1.95 bits per heavy atom. The highest BCUT2D eigenvalue weighted by Gasteiger charge is 2.24. The minimum atomic E-state index is -0.0786. The van der Waals surface area contributed by atoms with Gasteiger partial charge in [0.2, 0.25) is 5.75 Å². The van der Waals surface area contributed by atoms with Gasteiger partial charge in [0, 0.05) is 46.4 Å². The van der Waals surface area contributed by atoms with Gasteiger partial charge in [0.05, 0.1) is 41.1 Å². The number of ether oxygens (including phenoxy) is 5. The summed E-state index contributed by atoms with van der Waals surface area (Å²) < 4.78 is 27.5. The van der Waals surface area contributed by atoms with E-state index in [0.29, 0.717) is 62.5 Å². The van der Waals surface area contributed by atoms with Crippen molar-refractivity contribution < 1.29 is 28.5 Å². The first kappa shape index (κ1) is 25.9. The molecule has 1 saturated carbocycles. The first-order valence-corrected chi connectivity index (χ1v) is 12.4. The molecular weight excluding hydrogens is 500 g/mol. The molecule has 1 aliphatic carbocycles. The number of carbonyl (C=O) groups is 1. The summed E-state index contributed by atoms with van der Waals surface area (Å²) in [5.41, 5.74) is 2.65. The third-order valence-electron chi connectivity index (χ3n) is 6.45. The van der Waals surface area contributed by atoms with Crippen LogP contribution in [-0.4, -0.2) is 57.5 Å². The molecule has 1 fully saturated rings. The Morgan fingerprint density at radius 1 is 0.769 bits per heavy atom. The highest BCUT2D eigenvalue weighted by Crippen LogP contribution is 2.42. The summed E-state index contributed by atoms with van der Waals surface area (Å²) in [6.45, 7) is 0. The molecule has 0 unspecified atom stereocenters. The molecule has 3 aromatic carbocycles. The predicted octanol–water partition coefficient (Wildman–Crippen LogP) is 4.98. The summed E-state index contributed by atoms with van der Waals surface area (Å²) in [5.74, 6) is 3.48. The molecule has 0 atom stereocenters. The van der Waals surface area contributed by atoms with Crippen molar-refractivity contribution in [3.8, 4) is 40.1 Å². The number of hydrogen-bond donors (Lipinski definition) is 2. The second-order valence-electron chi connectivity index (χ2n) is 8.98. The summed E-state index contributed by atoms with van der Waals surface area (Å²) >= 11 is 0. The monoisotopic (exact) mass is 530 g/mol. The SMILES string of the molecule is COc1cc2nc(-c3ccc(C(=O)NC4CC4)cc3)nc(Nc3cc(OC)c(OC)c(OC)c3)c2cc1OC. The maximum atomic E-state index is 12.4. The van der Waals surface area contributed by atoms with Crippen molar-refractivity contribution in [3.05, 3.63) is 54.1 Å². The number of carbonyl (C=O) groups excluding carboxylic acids is 1. The van der Waals surface area contributed by atoms with Gasteiger partial charge in [-0.05, 0) is 31.0 Å². The number of aromatic nitrogens is 2. The molecule has 1 aliphatic rings. The van der Waals surface area contributed by atoms with Crippen molar-refractivity contribution in [3.63, 3.8) is 0 Å². The number of fused-ring (bicyclic) bond motifs is 1. The Kier molecular flexibility index (Phi) is 7.27. The lowest BCUT2D eigenvalue weighted by atomic mass is 10.1. The van der Waals surface area contributed by atoms with E-state index in [4.69, 9.17) is 33.7 Å². The highest BCUT2D eigenvalue weighted by molar-refractivity contribution is 5.96. The quantitative estimate of drug-likeness (QED) is 0.293. The van der Waals surface area contributed by atoms with E-state index >= 15 is 0 Å². The Hall–Kier alpha value is -4.73. The summed E-state index contributed by atoms with van der Waals surface area (Å²) in [6.07, 6.45) is 2.06. The van der Waals surface area contributed by atoms with Crippen molar-refractivity contribution in [2.75, 3.05) is 40.9 Å². The van der Waals surface area contributed by atoms with Gasteiger partial charge in [-0.3, -0.25) is 4.79 Å². The molecule has 0 saturated heterocycles. The minimum absolute atomic E-state index is 0.0786. The normalized spacial score (nSPS) is 12.5. The molecule has 2 N–H and O–H groups in total. The third-order valence-corrected chi connectivity index (χ3v) is 6.45. The molecule has 10 nitrogen and oxygen atoms in total. The maximum Gasteiger partial charge on any atom is 0.251 e. The molecule has 39 heavy (non-hydrogen) atoms. The van der Waals surface area contributed by atoms with Crippen LogP contribution in [0.5, 0.6) is 28.7 Å². The van der Waals surface area contributed by atoms with Crippen molar-refractivity contribution in [2.24, 2.45) is 0 Å². The van der Waals surface area contributed by atoms with Gasteiger partial charge < -0.3 is 34.3 Å². The molecule has 1 heterocycles. The Morgan fingerprint density at radius 2 is 1.38 bits per heavy atom. The Balaban J connectivity index is 1.60. The average Bonchev–Trinajstić information content (AvgIpc) is 3.79. The molecule has 0 spiro atoms. The van der Waals surface area contributed by atoms with Crippen molar-refractivity contribution in [2.45, 2.75) is 18.9 Å². The largest absolute Gasteiger partial charge is 0.493 e. The van der Waals surface area contributed by atoms with Gasteiger partial charge in [0.25, 0.3) is 5.91 Å². The van der Waals surface area contributed by atoms with Gasteiger partial charge in [-0.2, -0.15) is 0 Å². The molecule has 1 aromatic heterocycles. The second kappa shape index (κ2) is 10.9. The highest BCUT2D eigenvalue weighted by atomic mass is 16.5. The Labute approximate surface area is 226 Å². The van der Waals surface area contributed by atoms with Gasteiger partial charge in [-0.25, -0.2) is 9.97 Å². The number of nitrogens with one attached hydrogen (secondary N) is 2. The van der Waals surface area contributed by atoms with Crippen molar-refractivity contribution in [1.29, 1.82) is 0 Å². The molecule has 10 heteroatoms. The zero-order valence-corrected chi connectivity index (χ0v) is 22.5. The summed E-state index contributed by atoms with van der Waals surface area (Å²) in [5, 5.41) is 7.10. The van der Waals surface area contributed by atoms with Crippen LogP contribution < -0.4 is 34.3 Å². The summed E-state index contributed by atoms with van der Waals surface area (Å²) in [7, 11) is 7.83. The topological polar surface area (TPSA) is 113 Å². The predicted molar refractivity (Wildman–Crippen MR) is 148 cm³/mol. The van der Waals surface area contributed by atoms with Crippen LogP contribution in [0.25, 0.3) is 22.3 Å². The lowest BCUT2D eigenvalue weighted by Gasteiger charge is -2.17. The molecule has 1 amide bonds.